The van der Waals surface area contributed by atoms with Crippen molar-refractivity contribution in [1.82, 2.24) is 5.32 Å². The van der Waals surface area contributed by atoms with Crippen molar-refractivity contribution >= 4 is 23.7 Å². The number of hydrogen-bond acceptors (Lipinski definition) is 6. The van der Waals surface area contributed by atoms with Gasteiger partial charge in [-0.1, -0.05) is 54.6 Å². The predicted molar refractivity (Wildman–Crippen MR) is 134 cm³/mol. The van der Waals surface area contributed by atoms with Crippen molar-refractivity contribution in [2.45, 2.75) is 31.9 Å². The molecule has 9 heteroatoms. The Hall–Kier alpha value is -4.71. The van der Waals surface area contributed by atoms with Gasteiger partial charge in [0.1, 0.15) is 24.5 Å². The molecule has 0 saturated heterocycles. The number of nitriles is 1. The van der Waals surface area contributed by atoms with Crippen LogP contribution in [0.4, 0.5) is 14.9 Å². The molecule has 0 radical (unpaired) electrons. The average Bonchev–Trinajstić information content (AvgIpc) is 2.91. The number of amides is 2. The van der Waals surface area contributed by atoms with E-state index in [0.29, 0.717) is 23.2 Å². The summed E-state index contributed by atoms with van der Waals surface area (Å²) in [6, 6.07) is 22.6. The summed E-state index contributed by atoms with van der Waals surface area (Å²) in [7, 11) is 0. The van der Waals surface area contributed by atoms with Gasteiger partial charge in [-0.05, 0) is 53.8 Å². The van der Waals surface area contributed by atoms with Crippen LogP contribution in [-0.4, -0.2) is 30.6 Å². The van der Waals surface area contributed by atoms with E-state index < -0.39 is 24.7 Å². The van der Waals surface area contributed by atoms with Crippen LogP contribution in [0.25, 0.3) is 0 Å². The molecule has 0 unspecified atom stereocenters. The van der Waals surface area contributed by atoms with Crippen LogP contribution in [0.3, 0.4) is 0 Å². The lowest BCUT2D eigenvalue weighted by Crippen LogP contribution is -2.42. The van der Waals surface area contributed by atoms with E-state index >= 15 is 0 Å². The lowest BCUT2D eigenvalue weighted by molar-refractivity contribution is -0.144. The van der Waals surface area contributed by atoms with Gasteiger partial charge in [-0.15, -0.1) is 0 Å². The highest BCUT2D eigenvalue weighted by Gasteiger charge is 2.23. The highest BCUT2D eigenvalue weighted by molar-refractivity contribution is 5.92. The monoisotopic (exact) mass is 503 g/mol. The van der Waals surface area contributed by atoms with Gasteiger partial charge in [0.05, 0.1) is 6.42 Å². The molecule has 0 spiro atoms. The van der Waals surface area contributed by atoms with E-state index in [4.69, 9.17) is 14.7 Å². The fraction of sp³-hybridized carbons (Fsp3) is 0.214. The zero-order chi connectivity index (χ0) is 26.5. The van der Waals surface area contributed by atoms with Crippen LogP contribution in [0.1, 0.15) is 23.1 Å². The van der Waals surface area contributed by atoms with E-state index in [1.54, 1.807) is 42.5 Å². The van der Waals surface area contributed by atoms with Crippen LogP contribution >= 0.6 is 0 Å². The molecule has 3 rings (SSSR count). The number of esters is 1. The van der Waals surface area contributed by atoms with Gasteiger partial charge in [0.2, 0.25) is 5.91 Å². The zero-order valence-corrected chi connectivity index (χ0v) is 20.0. The van der Waals surface area contributed by atoms with E-state index in [-0.39, 0.29) is 31.2 Å². The maximum atomic E-state index is 13.0. The van der Waals surface area contributed by atoms with E-state index in [1.165, 1.54) is 12.1 Å². The van der Waals surface area contributed by atoms with Crippen molar-refractivity contribution in [3.63, 3.8) is 0 Å². The third-order valence-electron chi connectivity index (χ3n) is 5.31. The highest BCUT2D eigenvalue weighted by Crippen LogP contribution is 2.13. The molecule has 0 aliphatic heterocycles. The first kappa shape index (κ1) is 26.9. The molecule has 2 N–H and O–H groups in total. The summed E-state index contributed by atoms with van der Waals surface area (Å²) < 4.78 is 23.1. The number of benzene rings is 3. The molecule has 3 aromatic carbocycles. The molecule has 3 aromatic rings. The van der Waals surface area contributed by atoms with Crippen LogP contribution in [0.2, 0.25) is 0 Å². The number of rotatable bonds is 11. The van der Waals surface area contributed by atoms with Crippen molar-refractivity contribution in [3.8, 4) is 6.07 Å². The van der Waals surface area contributed by atoms with E-state index in [0.717, 1.165) is 5.56 Å². The first-order valence-corrected chi connectivity index (χ1v) is 11.6. The SMILES string of the molecule is N#CCOC(=O)[C@@H](CCc1ccccc1)NC(=O)OCc1ccc(NC(=O)Cc2ccc(F)cc2)cc1. The molecule has 0 aliphatic rings. The number of ether oxygens (including phenoxy) is 2. The molecule has 190 valence electrons. The van der Waals surface area contributed by atoms with Crippen molar-refractivity contribution in [3.05, 3.63) is 101 Å². The topological polar surface area (TPSA) is 118 Å². The number of halogens is 1. The Bertz CT molecular complexity index is 1230. The third-order valence-corrected chi connectivity index (χ3v) is 5.31. The van der Waals surface area contributed by atoms with Crippen LogP contribution in [-0.2, 0) is 38.5 Å². The quantitative estimate of drug-likeness (QED) is 0.377. The summed E-state index contributed by atoms with van der Waals surface area (Å²) in [6.45, 7) is -0.474. The smallest absolute Gasteiger partial charge is 0.408 e. The third kappa shape index (κ3) is 9.45. The molecule has 0 bridgehead atoms. The van der Waals surface area contributed by atoms with Gasteiger partial charge in [-0.25, -0.2) is 14.0 Å². The number of nitrogens with zero attached hydrogens (tertiary/aromatic N) is 1. The Morgan fingerprint density at radius 3 is 2.22 bits per heavy atom. The molecular weight excluding hydrogens is 477 g/mol. The number of hydrogen-bond donors (Lipinski definition) is 2. The number of alkyl carbamates (subject to hydrolysis) is 1. The van der Waals surface area contributed by atoms with Gasteiger partial charge in [0.25, 0.3) is 0 Å². The Morgan fingerprint density at radius 2 is 1.54 bits per heavy atom. The Balaban J connectivity index is 1.48. The molecule has 8 nitrogen and oxygen atoms in total. The second-order valence-electron chi connectivity index (χ2n) is 8.11. The average molecular weight is 504 g/mol. The van der Waals surface area contributed by atoms with Crippen molar-refractivity contribution < 1.29 is 28.2 Å². The van der Waals surface area contributed by atoms with Gasteiger partial charge < -0.3 is 20.1 Å². The minimum Gasteiger partial charge on any atom is -0.449 e. The molecular formula is C28H26FN3O5. The number of nitrogens with one attached hydrogen (secondary N) is 2. The zero-order valence-electron chi connectivity index (χ0n) is 20.0. The fourth-order valence-electron chi connectivity index (χ4n) is 3.42. The van der Waals surface area contributed by atoms with Crippen molar-refractivity contribution in [1.29, 1.82) is 5.26 Å². The van der Waals surface area contributed by atoms with Crippen LogP contribution in [0, 0.1) is 17.1 Å². The summed E-state index contributed by atoms with van der Waals surface area (Å²) in [4.78, 5) is 36.8. The molecule has 0 aromatic heterocycles. The van der Waals surface area contributed by atoms with Gasteiger partial charge in [-0.3, -0.25) is 4.79 Å². The molecule has 1 atom stereocenters. The summed E-state index contributed by atoms with van der Waals surface area (Å²) in [5.74, 6) is -1.33. The van der Waals surface area contributed by atoms with Gasteiger partial charge >= 0.3 is 12.1 Å². The van der Waals surface area contributed by atoms with E-state index in [2.05, 4.69) is 10.6 Å². The standard InChI is InChI=1S/C28H26FN3O5/c29-23-11-6-21(7-12-23)18-26(33)31-24-13-8-22(9-14-24)19-37-28(35)32-25(27(34)36-17-16-30)15-10-20-4-2-1-3-5-20/h1-9,11-14,25H,10,15,17-19H2,(H,31,33)(H,32,35)/t25-/m1/s1. The summed E-state index contributed by atoms with van der Waals surface area (Å²) in [5.41, 5.74) is 2.90. The van der Waals surface area contributed by atoms with Crippen LogP contribution in [0.15, 0.2) is 78.9 Å². The number of aryl methyl sites for hydroxylation is 1. The number of carbonyl (C=O) groups is 3. The first-order valence-electron chi connectivity index (χ1n) is 11.6. The van der Waals surface area contributed by atoms with Crippen molar-refractivity contribution in [2.24, 2.45) is 0 Å². The normalized spacial score (nSPS) is 11.0. The maximum absolute atomic E-state index is 13.0. The van der Waals surface area contributed by atoms with Gasteiger partial charge in [-0.2, -0.15) is 5.26 Å². The van der Waals surface area contributed by atoms with E-state index in [1.807, 2.05) is 30.3 Å². The fourth-order valence-corrected chi connectivity index (χ4v) is 3.42. The molecule has 0 saturated carbocycles. The lowest BCUT2D eigenvalue weighted by Gasteiger charge is -2.17. The summed E-state index contributed by atoms with van der Waals surface area (Å²) in [6.07, 6.45) is 0.0917. The van der Waals surface area contributed by atoms with Gasteiger partial charge in [0.15, 0.2) is 6.61 Å². The molecule has 0 heterocycles. The van der Waals surface area contributed by atoms with E-state index in [9.17, 15) is 18.8 Å². The minimum atomic E-state index is -0.972. The largest absolute Gasteiger partial charge is 0.449 e. The molecule has 0 aliphatic carbocycles. The van der Waals surface area contributed by atoms with Gasteiger partial charge in [0, 0.05) is 5.69 Å². The van der Waals surface area contributed by atoms with Crippen LogP contribution < -0.4 is 10.6 Å². The number of carbonyl (C=O) groups excluding carboxylic acids is 3. The summed E-state index contributed by atoms with van der Waals surface area (Å²) >= 11 is 0. The highest BCUT2D eigenvalue weighted by atomic mass is 19.1. The Labute approximate surface area is 214 Å². The second-order valence-corrected chi connectivity index (χ2v) is 8.11. The van der Waals surface area contributed by atoms with Crippen molar-refractivity contribution in [2.75, 3.05) is 11.9 Å². The minimum absolute atomic E-state index is 0.0612. The predicted octanol–water partition coefficient (Wildman–Crippen LogP) is 4.30. The molecule has 2 amide bonds. The Kier molecular flexibility index (Phi) is 10.2. The first-order chi connectivity index (χ1) is 17.9. The number of anilines is 1. The lowest BCUT2D eigenvalue weighted by atomic mass is 10.1. The summed E-state index contributed by atoms with van der Waals surface area (Å²) in [5, 5.41) is 13.9. The molecule has 37 heavy (non-hydrogen) atoms. The Morgan fingerprint density at radius 1 is 0.865 bits per heavy atom. The van der Waals surface area contributed by atoms with Crippen LogP contribution in [0.5, 0.6) is 0 Å². The maximum Gasteiger partial charge on any atom is 0.408 e. The molecule has 0 fully saturated rings. The second kappa shape index (κ2) is 14.0.